The first-order valence-electron chi connectivity index (χ1n) is 10.8. The van der Waals surface area contributed by atoms with E-state index in [4.69, 9.17) is 9.15 Å². The number of hydrogen-bond acceptors (Lipinski definition) is 7. The molecule has 33 heavy (non-hydrogen) atoms. The van der Waals surface area contributed by atoms with Crippen LogP contribution in [0.2, 0.25) is 0 Å². The average Bonchev–Trinajstić information content (AvgIpc) is 3.32. The van der Waals surface area contributed by atoms with Crippen molar-refractivity contribution in [1.82, 2.24) is 19.8 Å². The number of benzene rings is 2. The van der Waals surface area contributed by atoms with Crippen LogP contribution >= 0.6 is 0 Å². The minimum atomic E-state index is -3.45. The van der Waals surface area contributed by atoms with Crippen molar-refractivity contribution < 1.29 is 22.4 Å². The predicted molar refractivity (Wildman–Crippen MR) is 121 cm³/mol. The number of sulfonamides is 1. The summed E-state index contributed by atoms with van der Waals surface area (Å²) in [5, 5.41) is 10.9. The van der Waals surface area contributed by atoms with Crippen molar-refractivity contribution in [1.29, 1.82) is 0 Å². The number of nitrogens with zero attached hydrogens (tertiary/aromatic N) is 3. The van der Waals surface area contributed by atoms with Crippen LogP contribution in [-0.2, 0) is 38.3 Å². The fraction of sp³-hybridized carbons (Fsp3) is 0.348. The van der Waals surface area contributed by atoms with E-state index < -0.39 is 10.0 Å². The van der Waals surface area contributed by atoms with E-state index in [0.29, 0.717) is 50.1 Å². The Kier molecular flexibility index (Phi) is 7.48. The molecule has 1 aromatic heterocycles. The van der Waals surface area contributed by atoms with Crippen molar-refractivity contribution in [3.05, 3.63) is 71.6 Å². The van der Waals surface area contributed by atoms with E-state index >= 15 is 0 Å². The predicted octanol–water partition coefficient (Wildman–Crippen LogP) is 2.15. The van der Waals surface area contributed by atoms with E-state index in [-0.39, 0.29) is 24.6 Å². The number of carbonyl (C=O) groups is 1. The number of carbonyl (C=O) groups excluding carboxylic acids is 1. The molecule has 10 heteroatoms. The number of aromatic nitrogens is 2. The van der Waals surface area contributed by atoms with Gasteiger partial charge in [0.1, 0.15) is 0 Å². The summed E-state index contributed by atoms with van der Waals surface area (Å²) in [5.41, 5.74) is 2.27. The van der Waals surface area contributed by atoms with Crippen LogP contribution in [0.3, 0.4) is 0 Å². The first-order valence-corrected chi connectivity index (χ1v) is 12.4. The molecule has 0 bridgehead atoms. The second kappa shape index (κ2) is 10.7. The van der Waals surface area contributed by atoms with Gasteiger partial charge in [-0.3, -0.25) is 4.79 Å². The Balaban J connectivity index is 1.30. The first kappa shape index (κ1) is 23.1. The molecule has 1 N–H and O–H groups in total. The van der Waals surface area contributed by atoms with Gasteiger partial charge in [0.25, 0.3) is 0 Å². The first-order chi connectivity index (χ1) is 16.0. The summed E-state index contributed by atoms with van der Waals surface area (Å²) in [4.78, 5) is 12.4. The highest BCUT2D eigenvalue weighted by atomic mass is 32.2. The van der Waals surface area contributed by atoms with Crippen LogP contribution in [0.1, 0.15) is 23.4 Å². The molecule has 0 radical (unpaired) electrons. The number of hydrogen-bond donors (Lipinski definition) is 1. The van der Waals surface area contributed by atoms with Gasteiger partial charge in [-0.15, -0.1) is 10.2 Å². The van der Waals surface area contributed by atoms with Crippen molar-refractivity contribution in [3.8, 4) is 11.5 Å². The molecule has 0 atom stereocenters. The quantitative estimate of drug-likeness (QED) is 0.510. The smallest absolute Gasteiger partial charge is 0.247 e. The number of amides is 1. The number of rotatable bonds is 9. The third-order valence-electron chi connectivity index (χ3n) is 5.35. The van der Waals surface area contributed by atoms with Crippen molar-refractivity contribution in [2.24, 2.45) is 0 Å². The summed E-state index contributed by atoms with van der Waals surface area (Å²) in [7, 11) is -3.45. The summed E-state index contributed by atoms with van der Waals surface area (Å²) < 4.78 is 37.9. The van der Waals surface area contributed by atoms with Gasteiger partial charge in [0.15, 0.2) is 0 Å². The molecule has 1 amide bonds. The summed E-state index contributed by atoms with van der Waals surface area (Å²) in [6, 6.07) is 16.7. The van der Waals surface area contributed by atoms with E-state index in [0.717, 1.165) is 11.1 Å². The highest BCUT2D eigenvalue weighted by Gasteiger charge is 2.25. The van der Waals surface area contributed by atoms with E-state index in [2.05, 4.69) is 15.5 Å². The van der Waals surface area contributed by atoms with Gasteiger partial charge in [-0.25, -0.2) is 8.42 Å². The molecule has 1 aliphatic heterocycles. The largest absolute Gasteiger partial charge is 0.421 e. The Hall–Kier alpha value is -3.08. The lowest BCUT2D eigenvalue weighted by molar-refractivity contribution is -0.121. The van der Waals surface area contributed by atoms with Gasteiger partial charge in [0.2, 0.25) is 27.7 Å². The summed E-state index contributed by atoms with van der Waals surface area (Å²) in [6.07, 6.45) is 0.503. The molecule has 1 saturated heterocycles. The molecular weight excluding hydrogens is 444 g/mol. The van der Waals surface area contributed by atoms with Crippen LogP contribution in [0.4, 0.5) is 0 Å². The zero-order valence-electron chi connectivity index (χ0n) is 18.1. The number of ether oxygens (including phenoxy) is 1. The van der Waals surface area contributed by atoms with Crippen molar-refractivity contribution >= 4 is 15.9 Å². The zero-order valence-corrected chi connectivity index (χ0v) is 19.0. The number of aryl methyl sites for hydroxylation is 1. The molecular formula is C23H26N4O5S. The molecule has 2 aromatic carbocycles. The van der Waals surface area contributed by atoms with Gasteiger partial charge in [-0.1, -0.05) is 42.5 Å². The van der Waals surface area contributed by atoms with Crippen LogP contribution in [0.25, 0.3) is 11.5 Å². The highest BCUT2D eigenvalue weighted by molar-refractivity contribution is 7.88. The van der Waals surface area contributed by atoms with Crippen LogP contribution in [0, 0.1) is 0 Å². The summed E-state index contributed by atoms with van der Waals surface area (Å²) >= 11 is 0. The average molecular weight is 471 g/mol. The lowest BCUT2D eigenvalue weighted by atomic mass is 10.1. The second-order valence-corrected chi connectivity index (χ2v) is 9.65. The van der Waals surface area contributed by atoms with Crippen LogP contribution in [0.5, 0.6) is 0 Å². The minimum absolute atomic E-state index is 0.108. The van der Waals surface area contributed by atoms with E-state index in [1.165, 1.54) is 4.31 Å². The van der Waals surface area contributed by atoms with Crippen LogP contribution in [-0.4, -0.2) is 55.1 Å². The Morgan fingerprint density at radius 1 is 0.970 bits per heavy atom. The van der Waals surface area contributed by atoms with Gasteiger partial charge in [-0.05, 0) is 23.3 Å². The standard InChI is InChI=1S/C23H26N4O5S/c28-21(10-11-22-25-26-23(32-22)18-6-2-1-3-7-18)24-16-19-8-4-5-9-20(19)17-33(29,30)27-12-14-31-15-13-27/h1-9H,10-17H2,(H,24,28). The number of nitrogens with one attached hydrogen (secondary N) is 1. The molecule has 9 nitrogen and oxygen atoms in total. The van der Waals surface area contributed by atoms with Gasteiger partial charge in [0, 0.05) is 38.0 Å². The fourth-order valence-corrected chi connectivity index (χ4v) is 5.10. The zero-order chi connectivity index (χ0) is 23.1. The minimum Gasteiger partial charge on any atom is -0.421 e. The summed E-state index contributed by atoms with van der Waals surface area (Å²) in [6.45, 7) is 1.78. The Morgan fingerprint density at radius 3 is 2.42 bits per heavy atom. The van der Waals surface area contributed by atoms with Crippen LogP contribution in [0.15, 0.2) is 59.0 Å². The molecule has 3 aromatic rings. The monoisotopic (exact) mass is 470 g/mol. The SMILES string of the molecule is O=C(CCc1nnc(-c2ccccc2)o1)NCc1ccccc1CS(=O)(=O)N1CCOCC1. The van der Waals surface area contributed by atoms with Crippen LogP contribution < -0.4 is 5.32 Å². The third kappa shape index (κ3) is 6.25. The van der Waals surface area contributed by atoms with Gasteiger partial charge >= 0.3 is 0 Å². The molecule has 1 aliphatic rings. The Morgan fingerprint density at radius 2 is 1.67 bits per heavy atom. The topological polar surface area (TPSA) is 115 Å². The maximum atomic E-state index is 12.8. The molecule has 0 aliphatic carbocycles. The van der Waals surface area contributed by atoms with E-state index in [1.807, 2.05) is 42.5 Å². The third-order valence-corrected chi connectivity index (χ3v) is 7.18. The number of morpholine rings is 1. The van der Waals surface area contributed by atoms with Gasteiger partial charge < -0.3 is 14.5 Å². The molecule has 1 fully saturated rings. The normalized spacial score (nSPS) is 14.8. The second-order valence-electron chi connectivity index (χ2n) is 7.68. The molecule has 4 rings (SSSR count). The van der Waals surface area contributed by atoms with Gasteiger partial charge in [0.05, 0.1) is 19.0 Å². The van der Waals surface area contributed by atoms with Crippen molar-refractivity contribution in [3.63, 3.8) is 0 Å². The molecule has 0 unspecified atom stereocenters. The lowest BCUT2D eigenvalue weighted by Crippen LogP contribution is -2.41. The van der Waals surface area contributed by atoms with E-state index in [9.17, 15) is 13.2 Å². The highest BCUT2D eigenvalue weighted by Crippen LogP contribution is 2.18. The maximum Gasteiger partial charge on any atom is 0.247 e. The fourth-order valence-electron chi connectivity index (χ4n) is 3.54. The molecule has 174 valence electrons. The Labute approximate surface area is 192 Å². The molecule has 2 heterocycles. The maximum absolute atomic E-state index is 12.8. The van der Waals surface area contributed by atoms with Crippen molar-refractivity contribution in [2.45, 2.75) is 25.1 Å². The lowest BCUT2D eigenvalue weighted by Gasteiger charge is -2.26. The summed E-state index contributed by atoms with van der Waals surface area (Å²) in [5.74, 6) is 0.520. The molecule has 0 saturated carbocycles. The van der Waals surface area contributed by atoms with E-state index in [1.54, 1.807) is 12.1 Å². The Bertz CT molecular complexity index is 1170. The molecule has 0 spiro atoms. The van der Waals surface area contributed by atoms with Gasteiger partial charge in [-0.2, -0.15) is 4.31 Å². The van der Waals surface area contributed by atoms with Crippen molar-refractivity contribution in [2.75, 3.05) is 26.3 Å².